The SMILES string of the molecule is O=C(SN1C[C@@H]2C[C@](F)(Cc3ccccc3)C[C@@H]2C1)c1ccc(O)cc1. The molecule has 1 saturated heterocycles. The van der Waals surface area contributed by atoms with Crippen LogP contribution in [0.4, 0.5) is 4.39 Å². The molecule has 26 heavy (non-hydrogen) atoms. The highest BCUT2D eigenvalue weighted by atomic mass is 32.2. The number of hydrogen-bond acceptors (Lipinski definition) is 4. The Kier molecular flexibility index (Phi) is 4.76. The van der Waals surface area contributed by atoms with E-state index in [4.69, 9.17) is 0 Å². The van der Waals surface area contributed by atoms with Crippen molar-refractivity contribution in [3.05, 3.63) is 65.7 Å². The second-order valence-electron chi connectivity index (χ2n) is 7.51. The molecule has 0 bridgehead atoms. The van der Waals surface area contributed by atoms with E-state index < -0.39 is 5.67 Å². The Bertz CT molecular complexity index is 766. The van der Waals surface area contributed by atoms with Gasteiger partial charge in [-0.1, -0.05) is 30.3 Å². The van der Waals surface area contributed by atoms with Crippen LogP contribution in [-0.4, -0.2) is 33.3 Å². The number of carbonyl (C=O) groups excluding carboxylic acids is 1. The lowest BCUT2D eigenvalue weighted by Gasteiger charge is -2.23. The largest absolute Gasteiger partial charge is 0.508 e. The Labute approximate surface area is 157 Å². The average Bonchev–Trinajstić information content (AvgIpc) is 3.10. The van der Waals surface area contributed by atoms with Gasteiger partial charge in [-0.25, -0.2) is 8.70 Å². The second kappa shape index (κ2) is 7.05. The van der Waals surface area contributed by atoms with E-state index in [0.717, 1.165) is 18.7 Å². The Morgan fingerprint density at radius 2 is 1.69 bits per heavy atom. The van der Waals surface area contributed by atoms with Crippen molar-refractivity contribution in [3.8, 4) is 5.75 Å². The summed E-state index contributed by atoms with van der Waals surface area (Å²) in [6.45, 7) is 1.53. The maximum Gasteiger partial charge on any atom is 0.234 e. The molecule has 0 radical (unpaired) electrons. The summed E-state index contributed by atoms with van der Waals surface area (Å²) in [6.07, 6.45) is 1.65. The minimum Gasteiger partial charge on any atom is -0.508 e. The molecule has 2 aromatic rings. The van der Waals surface area contributed by atoms with Gasteiger partial charge in [-0.15, -0.1) is 0 Å². The van der Waals surface area contributed by atoms with Gasteiger partial charge >= 0.3 is 0 Å². The normalized spacial score (nSPS) is 28.2. The fraction of sp³-hybridized carbons (Fsp3) is 0.381. The molecule has 2 fully saturated rings. The molecule has 0 aromatic heterocycles. The number of benzene rings is 2. The Morgan fingerprint density at radius 3 is 2.31 bits per heavy atom. The molecule has 1 N–H and O–H groups in total. The summed E-state index contributed by atoms with van der Waals surface area (Å²) in [6, 6.07) is 16.2. The van der Waals surface area contributed by atoms with Crippen LogP contribution in [0.5, 0.6) is 5.75 Å². The molecule has 0 unspecified atom stereocenters. The van der Waals surface area contributed by atoms with Crippen LogP contribution in [0.15, 0.2) is 54.6 Å². The zero-order valence-electron chi connectivity index (χ0n) is 14.5. The van der Waals surface area contributed by atoms with Crippen molar-refractivity contribution in [1.82, 2.24) is 4.31 Å². The van der Waals surface area contributed by atoms with Crippen molar-refractivity contribution >= 4 is 17.1 Å². The quantitative estimate of drug-likeness (QED) is 0.805. The summed E-state index contributed by atoms with van der Waals surface area (Å²) >= 11 is 1.22. The molecule has 0 amide bonds. The number of carbonyl (C=O) groups is 1. The first kappa shape index (κ1) is 17.6. The Hall–Kier alpha value is -1.85. The number of phenolic OH excluding ortho intramolecular Hbond substituents is 1. The lowest BCUT2D eigenvalue weighted by molar-refractivity contribution is 0.108. The number of alkyl halides is 1. The van der Waals surface area contributed by atoms with Crippen molar-refractivity contribution in [2.45, 2.75) is 24.9 Å². The Balaban J connectivity index is 1.33. The molecule has 136 valence electrons. The highest BCUT2D eigenvalue weighted by Gasteiger charge is 2.49. The van der Waals surface area contributed by atoms with Crippen LogP contribution >= 0.6 is 11.9 Å². The van der Waals surface area contributed by atoms with Gasteiger partial charge in [0, 0.05) is 37.0 Å². The first-order valence-corrected chi connectivity index (χ1v) is 9.77. The molecule has 1 heterocycles. The van der Waals surface area contributed by atoms with E-state index in [1.807, 2.05) is 30.3 Å². The lowest BCUT2D eigenvalue weighted by atomic mass is 9.93. The smallest absolute Gasteiger partial charge is 0.234 e. The molecule has 1 aliphatic carbocycles. The molecule has 2 aromatic carbocycles. The molecular formula is C21H22FNO2S. The molecule has 2 aliphatic rings. The number of halogens is 1. The summed E-state index contributed by atoms with van der Waals surface area (Å²) < 4.78 is 17.4. The van der Waals surface area contributed by atoms with Crippen LogP contribution in [0.1, 0.15) is 28.8 Å². The van der Waals surface area contributed by atoms with Crippen LogP contribution in [-0.2, 0) is 6.42 Å². The maximum atomic E-state index is 15.3. The van der Waals surface area contributed by atoms with Crippen molar-refractivity contribution < 1.29 is 14.3 Å². The zero-order valence-corrected chi connectivity index (χ0v) is 15.3. The van der Waals surface area contributed by atoms with Crippen LogP contribution in [0, 0.1) is 11.8 Å². The van der Waals surface area contributed by atoms with Crippen LogP contribution in [0.2, 0.25) is 0 Å². The van der Waals surface area contributed by atoms with E-state index in [-0.39, 0.29) is 10.9 Å². The number of phenols is 1. The van der Waals surface area contributed by atoms with Gasteiger partial charge in [0.1, 0.15) is 11.4 Å². The van der Waals surface area contributed by atoms with Crippen molar-refractivity contribution in [3.63, 3.8) is 0 Å². The lowest BCUT2D eigenvalue weighted by Crippen LogP contribution is -2.26. The third-order valence-corrected chi connectivity index (χ3v) is 6.44. The van der Waals surface area contributed by atoms with E-state index in [1.165, 1.54) is 24.1 Å². The first-order valence-electron chi connectivity index (χ1n) is 9.00. The van der Waals surface area contributed by atoms with E-state index >= 15 is 4.39 Å². The summed E-state index contributed by atoms with van der Waals surface area (Å²) in [7, 11) is 0. The summed E-state index contributed by atoms with van der Waals surface area (Å²) in [5, 5.41) is 9.30. The molecular weight excluding hydrogens is 349 g/mol. The van der Waals surface area contributed by atoms with Gasteiger partial charge in [0.05, 0.1) is 0 Å². The third kappa shape index (κ3) is 3.79. The molecule has 0 spiro atoms. The third-order valence-electron chi connectivity index (χ3n) is 5.48. The molecule has 1 saturated carbocycles. The van der Waals surface area contributed by atoms with Gasteiger partial charge in [0.2, 0.25) is 5.12 Å². The van der Waals surface area contributed by atoms with Crippen molar-refractivity contribution in [2.75, 3.05) is 13.1 Å². The fourth-order valence-electron chi connectivity index (χ4n) is 4.33. The average molecular weight is 371 g/mol. The maximum absolute atomic E-state index is 15.3. The molecule has 3 atom stereocenters. The first-order chi connectivity index (χ1) is 12.5. The topological polar surface area (TPSA) is 40.5 Å². The number of aromatic hydroxyl groups is 1. The highest BCUT2D eigenvalue weighted by molar-refractivity contribution is 8.12. The molecule has 4 rings (SSSR count). The summed E-state index contributed by atoms with van der Waals surface area (Å²) in [4.78, 5) is 12.4. The summed E-state index contributed by atoms with van der Waals surface area (Å²) in [5.41, 5.74) is 0.520. The van der Waals surface area contributed by atoms with Gasteiger partial charge in [0.15, 0.2) is 0 Å². The van der Waals surface area contributed by atoms with E-state index in [0.29, 0.717) is 36.7 Å². The molecule has 3 nitrogen and oxygen atoms in total. The van der Waals surface area contributed by atoms with Gasteiger partial charge in [0.25, 0.3) is 0 Å². The monoisotopic (exact) mass is 371 g/mol. The minimum atomic E-state index is -1.12. The minimum absolute atomic E-state index is 0.0271. The fourth-order valence-corrected chi connectivity index (χ4v) is 5.34. The number of hydrogen-bond donors (Lipinski definition) is 1. The van der Waals surface area contributed by atoms with Gasteiger partial charge < -0.3 is 5.11 Å². The van der Waals surface area contributed by atoms with Gasteiger partial charge in [-0.05, 0) is 54.5 Å². The van der Waals surface area contributed by atoms with Crippen LogP contribution in [0.3, 0.4) is 0 Å². The Morgan fingerprint density at radius 1 is 1.08 bits per heavy atom. The summed E-state index contributed by atoms with van der Waals surface area (Å²) in [5.74, 6) is 0.799. The second-order valence-corrected chi connectivity index (χ2v) is 8.58. The van der Waals surface area contributed by atoms with E-state index in [9.17, 15) is 9.90 Å². The number of nitrogens with zero attached hydrogens (tertiary/aromatic N) is 1. The molecule has 5 heteroatoms. The molecule has 1 aliphatic heterocycles. The van der Waals surface area contributed by atoms with Crippen molar-refractivity contribution in [1.29, 1.82) is 0 Å². The predicted molar refractivity (Wildman–Crippen MR) is 102 cm³/mol. The van der Waals surface area contributed by atoms with Gasteiger partial charge in [-0.3, -0.25) is 4.79 Å². The number of fused-ring (bicyclic) bond motifs is 1. The highest BCUT2D eigenvalue weighted by Crippen LogP contribution is 2.48. The van der Waals surface area contributed by atoms with E-state index in [2.05, 4.69) is 4.31 Å². The van der Waals surface area contributed by atoms with Gasteiger partial charge in [-0.2, -0.15) is 0 Å². The zero-order chi connectivity index (χ0) is 18.1. The van der Waals surface area contributed by atoms with Crippen LogP contribution in [0.25, 0.3) is 0 Å². The van der Waals surface area contributed by atoms with Crippen LogP contribution < -0.4 is 0 Å². The standard InChI is InChI=1S/C21H22FNO2S/c22-21(10-15-4-2-1-3-5-15)11-17-13-23(14-18(17)12-21)26-20(25)16-6-8-19(24)9-7-16/h1-9,17-18,24H,10-14H2/t17-,18+,21+. The predicted octanol–water partition coefficient (Wildman–Crippen LogP) is 4.47. The van der Waals surface area contributed by atoms with E-state index in [1.54, 1.807) is 12.1 Å². The number of rotatable bonds is 4. The van der Waals surface area contributed by atoms with Crippen molar-refractivity contribution in [2.24, 2.45) is 11.8 Å².